The van der Waals surface area contributed by atoms with Gasteiger partial charge in [-0.25, -0.2) is 4.79 Å². The molecule has 4 heteroatoms. The van der Waals surface area contributed by atoms with Crippen LogP contribution in [0.2, 0.25) is 0 Å². The van der Waals surface area contributed by atoms with Crippen LogP contribution in [0.25, 0.3) is 16.6 Å². The third kappa shape index (κ3) is 4.01. The highest BCUT2D eigenvalue weighted by Gasteiger charge is 2.29. The summed E-state index contributed by atoms with van der Waals surface area (Å²) >= 11 is 0. The molecule has 0 fully saturated rings. The van der Waals surface area contributed by atoms with Crippen molar-refractivity contribution in [2.75, 3.05) is 6.54 Å². The lowest BCUT2D eigenvalue weighted by atomic mass is 9.97. The van der Waals surface area contributed by atoms with E-state index in [1.54, 1.807) is 4.90 Å². The van der Waals surface area contributed by atoms with Crippen LogP contribution in [0.5, 0.6) is 0 Å². The second kappa shape index (κ2) is 6.51. The zero-order valence-corrected chi connectivity index (χ0v) is 15.7. The van der Waals surface area contributed by atoms with Crippen molar-refractivity contribution < 1.29 is 9.53 Å². The summed E-state index contributed by atoms with van der Waals surface area (Å²) in [4.78, 5) is 19.0. The van der Waals surface area contributed by atoms with Gasteiger partial charge in [0.15, 0.2) is 0 Å². The molecule has 0 unspecified atom stereocenters. The van der Waals surface area contributed by atoms with Crippen molar-refractivity contribution in [2.24, 2.45) is 5.92 Å². The third-order valence-corrected chi connectivity index (χ3v) is 4.23. The Hall–Kier alpha value is -2.36. The van der Waals surface area contributed by atoms with Gasteiger partial charge in [-0.15, -0.1) is 0 Å². The van der Waals surface area contributed by atoms with E-state index >= 15 is 0 Å². The van der Waals surface area contributed by atoms with Crippen molar-refractivity contribution in [3.8, 4) is 0 Å². The number of aromatic nitrogens is 1. The lowest BCUT2D eigenvalue weighted by Crippen LogP contribution is -2.39. The van der Waals surface area contributed by atoms with Gasteiger partial charge in [0.2, 0.25) is 0 Å². The van der Waals surface area contributed by atoms with Crippen LogP contribution in [0.3, 0.4) is 0 Å². The van der Waals surface area contributed by atoms with Gasteiger partial charge >= 0.3 is 6.09 Å². The number of hydrogen-bond acceptors (Lipinski definition) is 3. The Morgan fingerprint density at radius 2 is 2.04 bits per heavy atom. The lowest BCUT2D eigenvalue weighted by molar-refractivity contribution is 0.0327. The summed E-state index contributed by atoms with van der Waals surface area (Å²) < 4.78 is 5.61. The molecule has 1 atom stereocenters. The first-order valence-corrected chi connectivity index (χ1v) is 8.80. The monoisotopic (exact) mass is 338 g/mol. The predicted octanol–water partition coefficient (Wildman–Crippen LogP) is 5.16. The van der Waals surface area contributed by atoms with Crippen molar-refractivity contribution >= 4 is 22.7 Å². The van der Waals surface area contributed by atoms with Crippen molar-refractivity contribution in [3.63, 3.8) is 0 Å². The highest BCUT2D eigenvalue weighted by atomic mass is 16.6. The zero-order chi connectivity index (χ0) is 18.2. The van der Waals surface area contributed by atoms with Gasteiger partial charge in [0.1, 0.15) is 5.60 Å². The molecular weight excluding hydrogens is 312 g/mol. The van der Waals surface area contributed by atoms with Gasteiger partial charge < -0.3 is 4.74 Å². The minimum absolute atomic E-state index is 0.290. The molecule has 2 aromatic rings. The Bertz CT molecular complexity index is 833. The number of hydrogen-bond donors (Lipinski definition) is 0. The van der Waals surface area contributed by atoms with Crippen LogP contribution in [0.15, 0.2) is 36.5 Å². The van der Waals surface area contributed by atoms with Crippen LogP contribution in [0, 0.1) is 12.8 Å². The maximum atomic E-state index is 12.7. The molecule has 1 aliphatic rings. The quantitative estimate of drug-likeness (QED) is 0.721. The summed E-state index contributed by atoms with van der Waals surface area (Å²) in [7, 11) is 0. The summed E-state index contributed by atoms with van der Waals surface area (Å²) in [5.41, 5.74) is 3.48. The predicted molar refractivity (Wildman–Crippen MR) is 101 cm³/mol. The molecule has 132 valence electrons. The summed E-state index contributed by atoms with van der Waals surface area (Å²) in [6.45, 7) is 10.5. The van der Waals surface area contributed by atoms with Crippen LogP contribution >= 0.6 is 0 Å². The molecule has 1 aromatic carbocycles. The summed E-state index contributed by atoms with van der Waals surface area (Å²) in [5.74, 6) is 0.414. The minimum Gasteiger partial charge on any atom is -0.443 e. The van der Waals surface area contributed by atoms with Gasteiger partial charge in [-0.2, -0.15) is 0 Å². The first-order chi connectivity index (χ1) is 11.7. The van der Waals surface area contributed by atoms with E-state index in [-0.39, 0.29) is 6.09 Å². The number of carbonyl (C=O) groups excluding carboxylic acids is 1. The van der Waals surface area contributed by atoms with Crippen molar-refractivity contribution in [2.45, 2.75) is 46.6 Å². The molecule has 0 radical (unpaired) electrons. The van der Waals surface area contributed by atoms with Crippen molar-refractivity contribution in [1.29, 1.82) is 0 Å². The first kappa shape index (κ1) is 17.5. The highest BCUT2D eigenvalue weighted by molar-refractivity contribution is 5.87. The standard InChI is InChI=1S/C21H26N2O2/c1-14-6-9-19(23(13-14)20(24)25-21(3,4)5)17-8-7-16-10-15(2)12-22-18(16)11-17/h7-12,14H,6,13H2,1-5H3/t14-/m0/s1. The number of benzene rings is 1. The van der Waals surface area contributed by atoms with E-state index in [9.17, 15) is 4.79 Å². The smallest absolute Gasteiger partial charge is 0.414 e. The Labute approximate surface area is 149 Å². The number of aryl methyl sites for hydroxylation is 1. The van der Waals surface area contributed by atoms with E-state index in [0.29, 0.717) is 12.5 Å². The maximum Gasteiger partial charge on any atom is 0.414 e. The lowest BCUT2D eigenvalue weighted by Gasteiger charge is -2.34. The van der Waals surface area contributed by atoms with Crippen LogP contribution in [-0.2, 0) is 4.74 Å². The first-order valence-electron chi connectivity index (χ1n) is 8.80. The fourth-order valence-electron chi connectivity index (χ4n) is 3.06. The Kier molecular flexibility index (Phi) is 4.55. The molecule has 1 amide bonds. The van der Waals surface area contributed by atoms with Gasteiger partial charge in [-0.1, -0.05) is 25.1 Å². The Balaban J connectivity index is 1.97. The summed E-state index contributed by atoms with van der Waals surface area (Å²) in [6.07, 6.45) is 4.67. The molecule has 4 nitrogen and oxygen atoms in total. The van der Waals surface area contributed by atoms with Gasteiger partial charge in [-0.05, 0) is 57.7 Å². The second-order valence-corrected chi connectivity index (χ2v) is 7.94. The molecule has 1 aliphatic heterocycles. The SMILES string of the molecule is Cc1cnc2cc(C3=CC[C@H](C)CN3C(=O)OC(C)(C)C)ccc2c1. The normalized spacial score (nSPS) is 18.2. The van der Waals surface area contributed by atoms with Crippen LogP contribution in [0.1, 0.15) is 45.2 Å². The third-order valence-electron chi connectivity index (χ3n) is 4.23. The number of pyridine rings is 1. The average molecular weight is 338 g/mol. The zero-order valence-electron chi connectivity index (χ0n) is 15.7. The highest BCUT2D eigenvalue weighted by Crippen LogP contribution is 2.30. The molecule has 3 rings (SSSR count). The number of amides is 1. The molecule has 25 heavy (non-hydrogen) atoms. The molecule has 1 aromatic heterocycles. The second-order valence-electron chi connectivity index (χ2n) is 7.94. The number of ether oxygens (including phenoxy) is 1. The van der Waals surface area contributed by atoms with Gasteiger partial charge in [-0.3, -0.25) is 9.88 Å². The van der Waals surface area contributed by atoms with Crippen LogP contribution < -0.4 is 0 Å². The van der Waals surface area contributed by atoms with Crippen molar-refractivity contribution in [3.05, 3.63) is 47.7 Å². The maximum absolute atomic E-state index is 12.7. The molecular formula is C21H26N2O2. The van der Waals surface area contributed by atoms with E-state index in [1.165, 1.54) is 0 Å². The van der Waals surface area contributed by atoms with Gasteiger partial charge in [0, 0.05) is 23.7 Å². The molecule has 0 saturated heterocycles. The minimum atomic E-state index is -0.509. The van der Waals surface area contributed by atoms with Crippen LogP contribution in [0.4, 0.5) is 4.79 Å². The molecule has 0 aliphatic carbocycles. The molecule has 0 spiro atoms. The van der Waals surface area contributed by atoms with E-state index in [0.717, 1.165) is 34.1 Å². The Morgan fingerprint density at radius 1 is 1.28 bits per heavy atom. The number of allylic oxidation sites excluding steroid dienone is 1. The van der Waals surface area contributed by atoms with E-state index in [2.05, 4.69) is 36.2 Å². The van der Waals surface area contributed by atoms with E-state index < -0.39 is 5.60 Å². The Morgan fingerprint density at radius 3 is 2.76 bits per heavy atom. The number of nitrogens with zero attached hydrogens (tertiary/aromatic N) is 2. The number of carbonyl (C=O) groups is 1. The summed E-state index contributed by atoms with van der Waals surface area (Å²) in [5, 5.41) is 1.11. The molecule has 2 heterocycles. The fourth-order valence-corrected chi connectivity index (χ4v) is 3.06. The molecule has 0 bridgehead atoms. The molecule has 0 N–H and O–H groups in total. The van der Waals surface area contributed by atoms with Crippen LogP contribution in [-0.4, -0.2) is 28.1 Å². The van der Waals surface area contributed by atoms with E-state index in [4.69, 9.17) is 4.74 Å². The largest absolute Gasteiger partial charge is 0.443 e. The number of fused-ring (bicyclic) bond motifs is 1. The summed E-state index contributed by atoms with van der Waals surface area (Å²) in [6, 6.07) is 8.29. The average Bonchev–Trinajstić information content (AvgIpc) is 2.52. The van der Waals surface area contributed by atoms with Gasteiger partial charge in [0.25, 0.3) is 0 Å². The molecule has 0 saturated carbocycles. The van der Waals surface area contributed by atoms with Gasteiger partial charge in [0.05, 0.1) is 11.2 Å². The topological polar surface area (TPSA) is 42.4 Å². The van der Waals surface area contributed by atoms with Crippen molar-refractivity contribution in [1.82, 2.24) is 9.88 Å². The number of rotatable bonds is 1. The van der Waals surface area contributed by atoms with E-state index in [1.807, 2.05) is 40.0 Å². The fraction of sp³-hybridized carbons (Fsp3) is 0.429.